The van der Waals surface area contributed by atoms with Gasteiger partial charge in [0.15, 0.2) is 5.82 Å². The van der Waals surface area contributed by atoms with E-state index in [1.807, 2.05) is 29.5 Å². The summed E-state index contributed by atoms with van der Waals surface area (Å²) in [6.45, 7) is 0. The summed E-state index contributed by atoms with van der Waals surface area (Å²) < 4.78 is 2.60. The summed E-state index contributed by atoms with van der Waals surface area (Å²) in [5.74, 6) is 0.705. The van der Waals surface area contributed by atoms with Crippen LogP contribution < -0.4 is 0 Å². The molecule has 0 aliphatic heterocycles. The molecule has 0 aliphatic carbocycles. The normalized spacial score (nSPS) is 11.3. The van der Waals surface area contributed by atoms with Gasteiger partial charge in [0, 0.05) is 36.9 Å². The van der Waals surface area contributed by atoms with Gasteiger partial charge in [-0.05, 0) is 75.8 Å². The molecule has 2 heterocycles. The average molecular weight is 643 g/mol. The Morgan fingerprint density at radius 1 is 0.286 bits per heavy atom. The molecular formula is C46H30N2S. The fourth-order valence-electron chi connectivity index (χ4n) is 6.59. The standard InChI is InChI=1S/C46H30N2S/c1-4-13-31(14-5-1)34-19-12-20-36(25-34)42-30-43(48-46(47-42)33-17-8-3-9-18-33)39-27-37(32-15-6-2-7-16-32)26-38(28-39)35-23-24-41-40-21-10-11-22-44(40)49-45(41)29-35/h1-30H. The quantitative estimate of drug-likeness (QED) is 0.180. The van der Waals surface area contributed by atoms with Crippen molar-refractivity contribution in [1.82, 2.24) is 9.97 Å². The Morgan fingerprint density at radius 2 is 0.776 bits per heavy atom. The molecular weight excluding hydrogens is 613 g/mol. The molecule has 0 radical (unpaired) electrons. The first-order valence-electron chi connectivity index (χ1n) is 16.5. The van der Waals surface area contributed by atoms with E-state index in [-0.39, 0.29) is 0 Å². The third kappa shape index (κ3) is 5.71. The molecule has 7 aromatic carbocycles. The summed E-state index contributed by atoms with van der Waals surface area (Å²) >= 11 is 1.85. The molecule has 0 amide bonds. The van der Waals surface area contributed by atoms with Crippen LogP contribution in [0, 0.1) is 0 Å². The predicted octanol–water partition coefficient (Wildman–Crippen LogP) is 12.8. The molecule has 2 nitrogen and oxygen atoms in total. The van der Waals surface area contributed by atoms with Gasteiger partial charge < -0.3 is 0 Å². The highest BCUT2D eigenvalue weighted by Gasteiger charge is 2.15. The van der Waals surface area contributed by atoms with Crippen LogP contribution in [-0.4, -0.2) is 9.97 Å². The Balaban J connectivity index is 1.24. The summed E-state index contributed by atoms with van der Waals surface area (Å²) in [4.78, 5) is 10.4. The van der Waals surface area contributed by atoms with Crippen LogP contribution in [0.25, 0.3) is 87.5 Å². The van der Waals surface area contributed by atoms with E-state index in [9.17, 15) is 0 Å². The van der Waals surface area contributed by atoms with E-state index in [1.165, 1.54) is 36.9 Å². The average Bonchev–Trinajstić information content (AvgIpc) is 3.57. The van der Waals surface area contributed by atoms with Crippen molar-refractivity contribution in [2.24, 2.45) is 0 Å². The van der Waals surface area contributed by atoms with Crippen LogP contribution in [-0.2, 0) is 0 Å². The fourth-order valence-corrected chi connectivity index (χ4v) is 7.74. The minimum absolute atomic E-state index is 0.705. The molecule has 3 heteroatoms. The Labute approximate surface area is 289 Å². The molecule has 0 fully saturated rings. The van der Waals surface area contributed by atoms with Crippen molar-refractivity contribution in [3.63, 3.8) is 0 Å². The van der Waals surface area contributed by atoms with Gasteiger partial charge in [0.05, 0.1) is 11.4 Å². The Bertz CT molecular complexity index is 2590. The molecule has 230 valence electrons. The lowest BCUT2D eigenvalue weighted by molar-refractivity contribution is 1.18. The molecule has 0 saturated carbocycles. The lowest BCUT2D eigenvalue weighted by Gasteiger charge is -2.14. The monoisotopic (exact) mass is 642 g/mol. The lowest BCUT2D eigenvalue weighted by Crippen LogP contribution is -1.96. The highest BCUT2D eigenvalue weighted by Crippen LogP contribution is 2.39. The first-order chi connectivity index (χ1) is 24.2. The molecule has 0 saturated heterocycles. The minimum Gasteiger partial charge on any atom is -0.228 e. The van der Waals surface area contributed by atoms with Gasteiger partial charge >= 0.3 is 0 Å². The van der Waals surface area contributed by atoms with Crippen molar-refractivity contribution < 1.29 is 0 Å². The van der Waals surface area contributed by atoms with E-state index in [0.29, 0.717) is 5.82 Å². The van der Waals surface area contributed by atoms with Gasteiger partial charge in [-0.3, -0.25) is 0 Å². The van der Waals surface area contributed by atoms with Gasteiger partial charge in [0.2, 0.25) is 0 Å². The van der Waals surface area contributed by atoms with Gasteiger partial charge in [-0.25, -0.2) is 9.97 Å². The largest absolute Gasteiger partial charge is 0.228 e. The highest BCUT2D eigenvalue weighted by atomic mass is 32.1. The number of hydrogen-bond donors (Lipinski definition) is 0. The molecule has 49 heavy (non-hydrogen) atoms. The van der Waals surface area contributed by atoms with Crippen LogP contribution in [0.5, 0.6) is 0 Å². The Morgan fingerprint density at radius 3 is 1.51 bits per heavy atom. The van der Waals surface area contributed by atoms with E-state index in [2.05, 4.69) is 164 Å². The maximum Gasteiger partial charge on any atom is 0.160 e. The van der Waals surface area contributed by atoms with E-state index >= 15 is 0 Å². The zero-order valence-electron chi connectivity index (χ0n) is 26.6. The van der Waals surface area contributed by atoms with Crippen molar-refractivity contribution in [1.29, 1.82) is 0 Å². The highest BCUT2D eigenvalue weighted by molar-refractivity contribution is 7.25. The summed E-state index contributed by atoms with van der Waals surface area (Å²) in [6, 6.07) is 64.5. The summed E-state index contributed by atoms with van der Waals surface area (Å²) in [5.41, 5.74) is 11.9. The smallest absolute Gasteiger partial charge is 0.160 e. The number of aromatic nitrogens is 2. The number of fused-ring (bicyclic) bond motifs is 3. The van der Waals surface area contributed by atoms with Crippen LogP contribution in [0.2, 0.25) is 0 Å². The third-order valence-corrected chi connectivity index (χ3v) is 10.2. The van der Waals surface area contributed by atoms with Crippen LogP contribution in [0.1, 0.15) is 0 Å². The van der Waals surface area contributed by atoms with Gasteiger partial charge in [-0.1, -0.05) is 140 Å². The molecule has 0 spiro atoms. The topological polar surface area (TPSA) is 25.8 Å². The molecule has 0 unspecified atom stereocenters. The van der Waals surface area contributed by atoms with Crippen molar-refractivity contribution in [3.8, 4) is 67.3 Å². The fraction of sp³-hybridized carbons (Fsp3) is 0. The molecule has 0 bridgehead atoms. The van der Waals surface area contributed by atoms with Crippen LogP contribution in [0.15, 0.2) is 182 Å². The SMILES string of the molecule is c1ccc(-c2cccc(-c3cc(-c4cc(-c5ccccc5)cc(-c5ccc6c(c5)sc5ccccc56)c4)nc(-c4ccccc4)n3)c2)cc1. The Hall–Kier alpha value is -6.16. The van der Waals surface area contributed by atoms with Crippen LogP contribution in [0.4, 0.5) is 0 Å². The van der Waals surface area contributed by atoms with E-state index in [0.717, 1.165) is 44.8 Å². The maximum absolute atomic E-state index is 5.22. The first-order valence-corrected chi connectivity index (χ1v) is 17.3. The van der Waals surface area contributed by atoms with Crippen LogP contribution in [0.3, 0.4) is 0 Å². The zero-order chi connectivity index (χ0) is 32.6. The number of benzene rings is 7. The number of nitrogens with zero attached hydrogens (tertiary/aromatic N) is 2. The van der Waals surface area contributed by atoms with Crippen molar-refractivity contribution in [3.05, 3.63) is 182 Å². The minimum atomic E-state index is 0.705. The second kappa shape index (κ2) is 12.5. The maximum atomic E-state index is 5.22. The van der Waals surface area contributed by atoms with Gasteiger partial charge in [0.1, 0.15) is 0 Å². The number of rotatable bonds is 6. The lowest BCUT2D eigenvalue weighted by atomic mass is 9.94. The van der Waals surface area contributed by atoms with Gasteiger partial charge in [-0.15, -0.1) is 11.3 Å². The molecule has 9 rings (SSSR count). The summed E-state index contributed by atoms with van der Waals surface area (Å²) in [5, 5.41) is 2.61. The molecule has 0 N–H and O–H groups in total. The van der Waals surface area contributed by atoms with E-state index in [4.69, 9.17) is 9.97 Å². The molecule has 2 aromatic heterocycles. The third-order valence-electron chi connectivity index (χ3n) is 9.07. The summed E-state index contributed by atoms with van der Waals surface area (Å²) in [7, 11) is 0. The predicted molar refractivity (Wildman–Crippen MR) is 208 cm³/mol. The molecule has 9 aromatic rings. The summed E-state index contributed by atoms with van der Waals surface area (Å²) in [6.07, 6.45) is 0. The number of thiophene rings is 1. The van der Waals surface area contributed by atoms with Crippen molar-refractivity contribution in [2.75, 3.05) is 0 Å². The Kier molecular flexibility index (Phi) is 7.38. The molecule has 0 atom stereocenters. The van der Waals surface area contributed by atoms with Crippen molar-refractivity contribution >= 4 is 31.5 Å². The van der Waals surface area contributed by atoms with Crippen LogP contribution >= 0.6 is 11.3 Å². The van der Waals surface area contributed by atoms with E-state index < -0.39 is 0 Å². The van der Waals surface area contributed by atoms with Gasteiger partial charge in [0.25, 0.3) is 0 Å². The second-order valence-corrected chi connectivity index (χ2v) is 13.3. The number of hydrogen-bond acceptors (Lipinski definition) is 3. The van der Waals surface area contributed by atoms with Gasteiger partial charge in [-0.2, -0.15) is 0 Å². The van der Waals surface area contributed by atoms with E-state index in [1.54, 1.807) is 0 Å². The van der Waals surface area contributed by atoms with Crippen molar-refractivity contribution in [2.45, 2.75) is 0 Å². The second-order valence-electron chi connectivity index (χ2n) is 12.2. The first kappa shape index (κ1) is 29.0. The molecule has 0 aliphatic rings. The zero-order valence-corrected chi connectivity index (χ0v) is 27.4.